The number of nitrogens with zero attached hydrogens (tertiary/aromatic N) is 7. The normalized spacial score (nSPS) is 28.8. The molecule has 0 radical (unpaired) electrons. The number of rotatable bonds is 11. The van der Waals surface area contributed by atoms with Crippen LogP contribution in [-0.4, -0.2) is 168 Å². The molecule has 3 N–H and O–H groups in total. The summed E-state index contributed by atoms with van der Waals surface area (Å²) >= 11 is 0. The first-order valence-electron chi connectivity index (χ1n) is 31.6. The first-order valence-corrected chi connectivity index (χ1v) is 31.6. The molecule has 1 spiro atoms. The summed E-state index contributed by atoms with van der Waals surface area (Å²) in [6, 6.07) is 13.9. The lowest BCUT2D eigenvalue weighted by atomic mass is 9.84. The molecule has 8 atom stereocenters. The Balaban J connectivity index is 0.857. The molecular weight excluding hydrogens is 1070 g/mol. The van der Waals surface area contributed by atoms with Gasteiger partial charge in [-0.15, -0.1) is 0 Å². The maximum Gasteiger partial charge on any atom is 0.406 e. The summed E-state index contributed by atoms with van der Waals surface area (Å²) < 4.78 is 59.5. The van der Waals surface area contributed by atoms with E-state index in [1.807, 2.05) is 69.4 Å². The summed E-state index contributed by atoms with van der Waals surface area (Å²) in [5, 5.41) is 8.91. The molecule has 3 amide bonds. The Hall–Kier alpha value is -5.60. The van der Waals surface area contributed by atoms with Gasteiger partial charge in [0.25, 0.3) is 5.91 Å². The molecule has 13 rings (SSSR count). The highest BCUT2D eigenvalue weighted by Crippen LogP contribution is 2.47. The zero-order chi connectivity index (χ0) is 58.2. The summed E-state index contributed by atoms with van der Waals surface area (Å²) in [6.07, 6.45) is 9.56. The summed E-state index contributed by atoms with van der Waals surface area (Å²) in [5.41, 5.74) is 8.15. The molecule has 84 heavy (non-hydrogen) atoms. The minimum atomic E-state index is -4.60. The number of carbonyl (C=O) groups excluding carboxylic acids is 4. The van der Waals surface area contributed by atoms with E-state index in [0.717, 1.165) is 107 Å². The maximum atomic E-state index is 15.3. The lowest BCUT2D eigenvalue weighted by Gasteiger charge is -2.45. The third kappa shape index (κ3) is 11.7. The fraction of sp³-hybridized carbons (Fsp3) is 0.646. The van der Waals surface area contributed by atoms with Gasteiger partial charge in [0.05, 0.1) is 42.0 Å². The zero-order valence-corrected chi connectivity index (χ0v) is 49.5. The first kappa shape index (κ1) is 57.5. The maximum absolute atomic E-state index is 15.3. The number of likely N-dealkylation sites (tertiary alicyclic amines) is 2. The number of benzene rings is 2. The van der Waals surface area contributed by atoms with Crippen molar-refractivity contribution in [3.05, 3.63) is 71.5 Å². The van der Waals surface area contributed by atoms with Gasteiger partial charge in [-0.05, 0) is 143 Å². The molecule has 6 saturated heterocycles. The molecule has 8 fully saturated rings. The lowest BCUT2D eigenvalue weighted by molar-refractivity contribution is -0.155. The highest BCUT2D eigenvalue weighted by Gasteiger charge is 2.55. The smallest absolute Gasteiger partial charge is 0.406 e. The number of esters is 1. The number of aromatic nitrogens is 2. The number of methoxy groups -OCH3 is 1. The molecule has 6 bridgehead atoms. The summed E-state index contributed by atoms with van der Waals surface area (Å²) in [5.74, 6) is -0.0967. The molecule has 9 heterocycles. The van der Waals surface area contributed by atoms with E-state index in [2.05, 4.69) is 35.7 Å². The summed E-state index contributed by atoms with van der Waals surface area (Å²) in [6.45, 7) is 11.3. The van der Waals surface area contributed by atoms with Gasteiger partial charge in [0.1, 0.15) is 24.7 Å². The molecule has 2 saturated carbocycles. The van der Waals surface area contributed by atoms with Gasteiger partial charge >= 0.3 is 12.1 Å². The molecule has 16 nitrogen and oxygen atoms in total. The Morgan fingerprint density at radius 2 is 1.69 bits per heavy atom. The Labute approximate surface area is 491 Å². The van der Waals surface area contributed by atoms with Crippen molar-refractivity contribution in [3.63, 3.8) is 0 Å². The van der Waals surface area contributed by atoms with Crippen molar-refractivity contribution in [3.8, 4) is 22.4 Å². The second kappa shape index (κ2) is 22.9. The largest absolute Gasteiger partial charge is 0.464 e. The van der Waals surface area contributed by atoms with E-state index in [9.17, 15) is 9.59 Å². The number of anilines is 1. The second-order valence-corrected chi connectivity index (χ2v) is 27.4. The summed E-state index contributed by atoms with van der Waals surface area (Å²) in [7, 11) is 1.59. The van der Waals surface area contributed by atoms with E-state index in [1.54, 1.807) is 13.2 Å². The van der Waals surface area contributed by atoms with Gasteiger partial charge < -0.3 is 29.2 Å². The average Bonchev–Trinajstić information content (AvgIpc) is 1.94. The van der Waals surface area contributed by atoms with Crippen molar-refractivity contribution in [2.45, 2.75) is 172 Å². The molecule has 2 aromatic carbocycles. The van der Waals surface area contributed by atoms with Gasteiger partial charge in [0.2, 0.25) is 11.8 Å². The first-order chi connectivity index (χ1) is 40.4. The molecule has 2 unspecified atom stereocenters. The van der Waals surface area contributed by atoms with Crippen LogP contribution in [0, 0.1) is 22.7 Å². The van der Waals surface area contributed by atoms with Crippen molar-refractivity contribution < 1.29 is 41.8 Å². The van der Waals surface area contributed by atoms with Crippen molar-refractivity contribution >= 4 is 40.3 Å². The van der Waals surface area contributed by atoms with Gasteiger partial charge in [-0.2, -0.15) is 13.2 Å². The van der Waals surface area contributed by atoms with Gasteiger partial charge in [-0.25, -0.2) is 5.43 Å². The van der Waals surface area contributed by atoms with Crippen LogP contribution in [0.3, 0.4) is 0 Å². The Morgan fingerprint density at radius 3 is 2.49 bits per heavy atom. The molecule has 9 aliphatic rings. The third-order valence-corrected chi connectivity index (χ3v) is 20.7. The Kier molecular flexibility index (Phi) is 15.7. The van der Waals surface area contributed by atoms with Crippen LogP contribution >= 0.6 is 0 Å². The molecular formula is C65H85F3N10O6. The lowest BCUT2D eigenvalue weighted by Crippen LogP contribution is -2.62. The number of fused-ring (bicyclic) bond motifs is 7. The molecule has 19 heteroatoms. The number of hydrogen-bond acceptors (Lipinski definition) is 12. The number of nitrogens with one attached hydrogen (secondary N) is 3. The van der Waals surface area contributed by atoms with Crippen LogP contribution in [0.2, 0.25) is 0 Å². The predicted octanol–water partition coefficient (Wildman–Crippen LogP) is 8.20. The quantitative estimate of drug-likeness (QED) is 0.0976. The van der Waals surface area contributed by atoms with Crippen LogP contribution in [0.4, 0.5) is 18.9 Å². The fourth-order valence-corrected chi connectivity index (χ4v) is 15.9. The van der Waals surface area contributed by atoms with Crippen LogP contribution < -0.4 is 21.0 Å². The minimum absolute atomic E-state index is 0.0532. The van der Waals surface area contributed by atoms with E-state index in [0.29, 0.717) is 83.9 Å². The van der Waals surface area contributed by atoms with Crippen LogP contribution in [0.15, 0.2) is 54.7 Å². The fourth-order valence-electron chi connectivity index (χ4n) is 15.9. The number of carbonyl (C=O) groups is 4. The van der Waals surface area contributed by atoms with Crippen LogP contribution in [-0.2, 0) is 48.0 Å². The monoisotopic (exact) mass is 1160 g/mol. The number of ether oxygens (including phenoxy) is 2. The minimum Gasteiger partial charge on any atom is -0.464 e. The SMILES string of the molecule is CO[C@@H](C)c1ncc(N2CCN3CCCC[C@@H]3C2)cc1-c1c2c3cc(ccc3n1CC(F)(F)F)-c1cccc(c1)C[C@H](NC(=O)C(C1CCCC1)N1CC[C@]3(CCN(C(=O)[C@@H]4NC4C4CC4)C3)C1)C(=O)N1CCC[C@H](N1)C(=O)OCC(C)(C)C2. The van der Waals surface area contributed by atoms with E-state index < -0.39 is 48.3 Å². The number of pyridine rings is 1. The van der Waals surface area contributed by atoms with Gasteiger partial charge in [0.15, 0.2) is 0 Å². The van der Waals surface area contributed by atoms with Crippen molar-refractivity contribution in [1.29, 1.82) is 0 Å². The number of cyclic esters (lactones) is 1. The van der Waals surface area contributed by atoms with Crippen molar-refractivity contribution in [1.82, 2.24) is 45.3 Å². The van der Waals surface area contributed by atoms with Crippen molar-refractivity contribution in [2.24, 2.45) is 22.7 Å². The number of hydrazine groups is 1. The number of hydrogen-bond donors (Lipinski definition) is 3. The van der Waals surface area contributed by atoms with Crippen molar-refractivity contribution in [2.75, 3.05) is 77.5 Å². The van der Waals surface area contributed by atoms with E-state index in [1.165, 1.54) is 35.3 Å². The molecule has 452 valence electrons. The van der Waals surface area contributed by atoms with Gasteiger partial charge in [-0.1, -0.05) is 63.4 Å². The van der Waals surface area contributed by atoms with Gasteiger partial charge in [0, 0.05) is 98.7 Å². The van der Waals surface area contributed by atoms with E-state index in [4.69, 9.17) is 14.5 Å². The topological polar surface area (TPSA) is 167 Å². The third-order valence-electron chi connectivity index (χ3n) is 20.7. The molecule has 7 aliphatic heterocycles. The highest BCUT2D eigenvalue weighted by molar-refractivity contribution is 5.96. The van der Waals surface area contributed by atoms with Gasteiger partial charge in [-0.3, -0.25) is 44.3 Å². The van der Waals surface area contributed by atoms with E-state index in [-0.39, 0.29) is 54.5 Å². The number of halogens is 3. The van der Waals surface area contributed by atoms with Crippen LogP contribution in [0.1, 0.15) is 127 Å². The highest BCUT2D eigenvalue weighted by atomic mass is 19.4. The van der Waals surface area contributed by atoms with Crippen LogP contribution in [0.25, 0.3) is 33.3 Å². The zero-order valence-electron chi connectivity index (χ0n) is 49.5. The summed E-state index contributed by atoms with van der Waals surface area (Å²) in [4.78, 5) is 72.9. The standard InChI is InChI=1S/C65H85F3N10O6/c1-40(83-4)54-49(32-47(34-69-54)74-28-27-73-23-8-7-15-46(73)35-74)58-50-33-63(2,3)39-84-62(82)51-16-10-24-78(72-51)60(80)52(30-41-11-9-14-44(29-41)45-19-20-53(48(50)31-45)77(58)38-65(66,67)68)70-59(79)57(43-12-5-6-13-43)75-25-21-64(36-75)22-26-76(37-64)61(81)56-55(71-56)42-17-18-42/h9,11,14,19-20,29,31-32,34,40,42-43,46,51-52,55-57,71-72H,5-8,10,12-13,15-18,21-28,30,33,35-39H2,1-4H3,(H,70,79)/t40-,46+,51-,52-,55?,56+,57?,64-/m0/s1. The predicted molar refractivity (Wildman–Crippen MR) is 314 cm³/mol. The Bertz CT molecular complexity index is 3160. The number of piperazine rings is 1. The number of piperidine rings is 1. The molecule has 2 aliphatic carbocycles. The number of alkyl halides is 3. The molecule has 4 aromatic rings. The Morgan fingerprint density at radius 1 is 0.893 bits per heavy atom. The molecule has 2 aromatic heterocycles. The average molecular weight is 1160 g/mol. The number of amides is 3. The van der Waals surface area contributed by atoms with E-state index >= 15 is 22.8 Å². The second-order valence-electron chi connectivity index (χ2n) is 27.4. The van der Waals surface area contributed by atoms with Crippen LogP contribution in [0.5, 0.6) is 0 Å².